The Morgan fingerprint density at radius 1 is 1.56 bits per heavy atom. The number of rotatable bonds is 2. The Morgan fingerprint density at radius 2 is 2.12 bits per heavy atom. The third kappa shape index (κ3) is 2.56. The zero-order chi connectivity index (χ0) is 12.5. The van der Waals surface area contributed by atoms with Crippen LogP contribution < -0.4 is 11.3 Å². The maximum atomic E-state index is 12.4. The Labute approximate surface area is 94.6 Å². The first-order valence-electron chi connectivity index (χ1n) is 4.46. The first kappa shape index (κ1) is 13.1. The predicted molar refractivity (Wildman–Crippen MR) is 54.5 cm³/mol. The van der Waals surface area contributed by atoms with Gasteiger partial charge in [-0.3, -0.25) is 4.79 Å². The van der Waals surface area contributed by atoms with E-state index in [1.807, 2.05) is 0 Å². The average Bonchev–Trinajstić information content (AvgIpc) is 2.19. The fourth-order valence-electron chi connectivity index (χ4n) is 1.16. The largest absolute Gasteiger partial charge is 0.417 e. The van der Waals surface area contributed by atoms with Gasteiger partial charge in [0.1, 0.15) is 5.02 Å². The monoisotopic (exact) mass is 254 g/mol. The molecule has 1 heterocycles. The van der Waals surface area contributed by atoms with Gasteiger partial charge in [0.2, 0.25) is 0 Å². The van der Waals surface area contributed by atoms with Crippen molar-refractivity contribution in [3.63, 3.8) is 0 Å². The van der Waals surface area contributed by atoms with Crippen LogP contribution in [-0.2, 0) is 6.18 Å². The Morgan fingerprint density at radius 3 is 2.56 bits per heavy atom. The summed E-state index contributed by atoms with van der Waals surface area (Å²) < 4.78 is 38.2. The molecule has 0 aliphatic carbocycles. The number of aromatic nitrogens is 1. The van der Waals surface area contributed by atoms with Crippen LogP contribution in [-0.4, -0.2) is 11.1 Å². The van der Waals surface area contributed by atoms with Crippen molar-refractivity contribution >= 4 is 11.6 Å². The number of alkyl halides is 3. The summed E-state index contributed by atoms with van der Waals surface area (Å²) in [6.07, 6.45) is -3.81. The molecule has 1 rings (SSSR count). The lowest BCUT2D eigenvalue weighted by molar-refractivity contribution is -0.138. The highest BCUT2D eigenvalue weighted by atomic mass is 35.5. The molecule has 0 spiro atoms. The number of halogens is 4. The van der Waals surface area contributed by atoms with E-state index in [0.717, 1.165) is 10.8 Å². The number of hydrogen-bond acceptors (Lipinski definition) is 2. The van der Waals surface area contributed by atoms with Gasteiger partial charge in [-0.2, -0.15) is 13.2 Å². The molecule has 0 saturated heterocycles. The first-order valence-corrected chi connectivity index (χ1v) is 4.84. The Hall–Kier alpha value is -1.01. The molecular weight excluding hydrogens is 245 g/mol. The van der Waals surface area contributed by atoms with E-state index >= 15 is 0 Å². The van der Waals surface area contributed by atoms with Gasteiger partial charge in [-0.15, -0.1) is 0 Å². The van der Waals surface area contributed by atoms with Crippen LogP contribution in [0.1, 0.15) is 18.5 Å². The molecule has 2 N–H and O–H groups in total. The molecule has 90 valence electrons. The van der Waals surface area contributed by atoms with E-state index in [-0.39, 0.29) is 6.54 Å². The Balaban J connectivity index is 3.39. The molecule has 7 heteroatoms. The molecule has 0 radical (unpaired) electrons. The van der Waals surface area contributed by atoms with E-state index in [9.17, 15) is 18.0 Å². The minimum Gasteiger partial charge on any atom is -0.328 e. The van der Waals surface area contributed by atoms with Crippen molar-refractivity contribution in [3.8, 4) is 0 Å². The summed E-state index contributed by atoms with van der Waals surface area (Å²) in [7, 11) is 0. The van der Waals surface area contributed by atoms with Crippen LogP contribution in [0.15, 0.2) is 17.1 Å². The molecule has 1 atom stereocenters. The van der Waals surface area contributed by atoms with Gasteiger partial charge in [0, 0.05) is 18.8 Å². The van der Waals surface area contributed by atoms with Crippen molar-refractivity contribution in [2.45, 2.75) is 19.1 Å². The van der Waals surface area contributed by atoms with Gasteiger partial charge >= 0.3 is 6.18 Å². The van der Waals surface area contributed by atoms with Crippen molar-refractivity contribution in [2.24, 2.45) is 5.73 Å². The van der Waals surface area contributed by atoms with Crippen molar-refractivity contribution in [3.05, 3.63) is 33.2 Å². The number of nitrogens with two attached hydrogens (primary N) is 1. The fourth-order valence-corrected chi connectivity index (χ4v) is 1.38. The minimum absolute atomic E-state index is 0.0531. The third-order valence-corrected chi connectivity index (χ3v) is 2.41. The van der Waals surface area contributed by atoms with Gasteiger partial charge in [0.25, 0.3) is 5.56 Å². The third-order valence-electron chi connectivity index (χ3n) is 2.14. The van der Waals surface area contributed by atoms with Crippen molar-refractivity contribution in [1.29, 1.82) is 0 Å². The average molecular weight is 255 g/mol. The molecule has 1 aromatic heterocycles. The molecule has 0 aromatic carbocycles. The maximum Gasteiger partial charge on any atom is 0.417 e. The predicted octanol–water partition coefficient (Wildman–Crippen LogP) is 2.04. The lowest BCUT2D eigenvalue weighted by Crippen LogP contribution is -2.29. The van der Waals surface area contributed by atoms with Crippen molar-refractivity contribution in [1.82, 2.24) is 4.57 Å². The second-order valence-electron chi connectivity index (χ2n) is 3.37. The van der Waals surface area contributed by atoms with E-state index < -0.39 is 28.4 Å². The van der Waals surface area contributed by atoms with Gasteiger partial charge < -0.3 is 10.3 Å². The first-order chi connectivity index (χ1) is 7.27. The Bertz CT molecular complexity index is 441. The van der Waals surface area contributed by atoms with Crippen LogP contribution in [0.3, 0.4) is 0 Å². The summed E-state index contributed by atoms with van der Waals surface area (Å²) in [4.78, 5) is 11.5. The lowest BCUT2D eigenvalue weighted by atomic mass is 10.2. The van der Waals surface area contributed by atoms with Crippen LogP contribution >= 0.6 is 11.6 Å². The van der Waals surface area contributed by atoms with E-state index in [1.165, 1.54) is 6.92 Å². The maximum absolute atomic E-state index is 12.4. The zero-order valence-electron chi connectivity index (χ0n) is 8.38. The number of pyridine rings is 1. The van der Waals surface area contributed by atoms with Gasteiger partial charge in [-0.25, -0.2) is 0 Å². The topological polar surface area (TPSA) is 48.0 Å². The van der Waals surface area contributed by atoms with E-state index in [4.69, 9.17) is 17.3 Å². The molecule has 0 aliphatic heterocycles. The second kappa shape index (κ2) is 4.47. The lowest BCUT2D eigenvalue weighted by Gasteiger charge is -2.16. The van der Waals surface area contributed by atoms with Gasteiger partial charge in [-0.05, 0) is 13.0 Å². The van der Waals surface area contributed by atoms with E-state index in [0.29, 0.717) is 6.07 Å². The normalized spacial score (nSPS) is 13.9. The van der Waals surface area contributed by atoms with Gasteiger partial charge in [0.15, 0.2) is 0 Å². The summed E-state index contributed by atoms with van der Waals surface area (Å²) in [5, 5.41) is -0.463. The SMILES string of the molecule is CC(CN)n1cc(C(F)(F)F)cc(Cl)c1=O. The Kier molecular flexibility index (Phi) is 3.64. The van der Waals surface area contributed by atoms with Crippen LogP contribution in [0.2, 0.25) is 5.02 Å². The van der Waals surface area contributed by atoms with Crippen LogP contribution in [0, 0.1) is 0 Å². The smallest absolute Gasteiger partial charge is 0.328 e. The summed E-state index contributed by atoms with van der Waals surface area (Å²) in [6.45, 7) is 1.59. The molecule has 0 fully saturated rings. The van der Waals surface area contributed by atoms with Crippen LogP contribution in [0.4, 0.5) is 13.2 Å². The van der Waals surface area contributed by atoms with E-state index in [2.05, 4.69) is 0 Å². The molecule has 0 amide bonds. The molecule has 16 heavy (non-hydrogen) atoms. The highest BCUT2D eigenvalue weighted by molar-refractivity contribution is 6.30. The summed E-state index contributed by atoms with van der Waals surface area (Å²) in [6, 6.07) is 0.0798. The van der Waals surface area contributed by atoms with Crippen molar-refractivity contribution < 1.29 is 13.2 Å². The molecule has 1 aromatic rings. The second-order valence-corrected chi connectivity index (χ2v) is 3.78. The van der Waals surface area contributed by atoms with Crippen molar-refractivity contribution in [2.75, 3.05) is 6.54 Å². The summed E-state index contributed by atoms with van der Waals surface area (Å²) in [5.41, 5.74) is 3.66. The molecule has 3 nitrogen and oxygen atoms in total. The van der Waals surface area contributed by atoms with E-state index in [1.54, 1.807) is 0 Å². The molecule has 0 bridgehead atoms. The van der Waals surface area contributed by atoms with Crippen LogP contribution in [0.25, 0.3) is 0 Å². The minimum atomic E-state index is -4.53. The quantitative estimate of drug-likeness (QED) is 0.878. The summed E-state index contributed by atoms with van der Waals surface area (Å²) >= 11 is 5.45. The zero-order valence-corrected chi connectivity index (χ0v) is 9.14. The highest BCUT2D eigenvalue weighted by Crippen LogP contribution is 2.30. The standard InChI is InChI=1S/C9H10ClF3N2O/c1-5(3-14)15-4-6(9(11,12)13)2-7(10)8(15)16/h2,4-5H,3,14H2,1H3. The van der Waals surface area contributed by atoms with Gasteiger partial charge in [-0.1, -0.05) is 11.6 Å². The molecule has 0 saturated carbocycles. The molecule has 1 unspecified atom stereocenters. The fraction of sp³-hybridized carbons (Fsp3) is 0.444. The summed E-state index contributed by atoms with van der Waals surface area (Å²) in [5.74, 6) is 0. The highest BCUT2D eigenvalue weighted by Gasteiger charge is 2.32. The van der Waals surface area contributed by atoms with Gasteiger partial charge in [0.05, 0.1) is 5.56 Å². The molecule has 0 aliphatic rings. The number of hydrogen-bond donors (Lipinski definition) is 1. The molecular formula is C9H10ClF3N2O. The van der Waals surface area contributed by atoms with Crippen LogP contribution in [0.5, 0.6) is 0 Å². The number of nitrogens with zero attached hydrogens (tertiary/aromatic N) is 1.